The zero-order valence-electron chi connectivity index (χ0n) is 18.2. The molecule has 0 aliphatic carbocycles. The third kappa shape index (κ3) is 3.51. The maximum atomic E-state index is 5.59. The van der Waals surface area contributed by atoms with Crippen molar-refractivity contribution in [3.8, 4) is 11.4 Å². The van der Waals surface area contributed by atoms with Gasteiger partial charge in [0.2, 0.25) is 0 Å². The smallest absolute Gasteiger partial charge is 0.158 e. The molecule has 1 aromatic carbocycles. The van der Waals surface area contributed by atoms with Gasteiger partial charge in [0.05, 0.1) is 18.5 Å². The van der Waals surface area contributed by atoms with Crippen LogP contribution in [0.15, 0.2) is 36.7 Å². The maximum Gasteiger partial charge on any atom is 0.158 e. The Balaban J connectivity index is 1.74. The fraction of sp³-hybridized carbons (Fsp3) is 0.348. The summed E-state index contributed by atoms with van der Waals surface area (Å²) in [4.78, 5) is 0. The molecule has 0 bridgehead atoms. The predicted octanol–water partition coefficient (Wildman–Crippen LogP) is 4.57. The lowest BCUT2D eigenvalue weighted by Gasteiger charge is -2.11. The van der Waals surface area contributed by atoms with Crippen LogP contribution in [0.1, 0.15) is 36.5 Å². The predicted molar refractivity (Wildman–Crippen MR) is 119 cm³/mol. The molecule has 7 nitrogen and oxygen atoms in total. The zero-order chi connectivity index (χ0) is 21.3. The van der Waals surface area contributed by atoms with E-state index in [1.807, 2.05) is 36.9 Å². The van der Waals surface area contributed by atoms with Gasteiger partial charge >= 0.3 is 0 Å². The number of fused-ring (bicyclic) bond motifs is 1. The summed E-state index contributed by atoms with van der Waals surface area (Å²) in [5.74, 6) is 1.67. The molecule has 0 aliphatic heterocycles. The molecule has 1 N–H and O–H groups in total. The average molecular weight is 405 g/mol. The van der Waals surface area contributed by atoms with Gasteiger partial charge in [-0.3, -0.25) is 4.68 Å². The summed E-state index contributed by atoms with van der Waals surface area (Å²) < 4.78 is 9.77. The highest BCUT2D eigenvalue weighted by molar-refractivity contribution is 5.98. The van der Waals surface area contributed by atoms with Gasteiger partial charge in [0.25, 0.3) is 0 Å². The Labute approximate surface area is 176 Å². The molecule has 0 saturated heterocycles. The third-order valence-corrected chi connectivity index (χ3v) is 5.42. The van der Waals surface area contributed by atoms with Gasteiger partial charge in [0.15, 0.2) is 5.82 Å². The van der Waals surface area contributed by atoms with Gasteiger partial charge in [-0.2, -0.15) is 10.2 Å². The Morgan fingerprint density at radius 3 is 2.37 bits per heavy atom. The number of aryl methyl sites for hydroxylation is 4. The molecule has 0 amide bonds. The Kier molecular flexibility index (Phi) is 5.44. The van der Waals surface area contributed by atoms with Gasteiger partial charge in [-0.15, -0.1) is 5.10 Å². The van der Waals surface area contributed by atoms with Crippen molar-refractivity contribution in [1.29, 1.82) is 0 Å². The molecule has 3 aromatic heterocycles. The van der Waals surface area contributed by atoms with Crippen LogP contribution in [0.25, 0.3) is 16.5 Å². The SMILES string of the molecule is CCOc1ccc(-n2c(C)c3c(C)nnc(NCc4cnn(CC)c4)c3c2C)cc1. The lowest BCUT2D eigenvalue weighted by atomic mass is 10.1. The van der Waals surface area contributed by atoms with E-state index in [1.165, 1.54) is 0 Å². The number of ether oxygens (including phenoxy) is 1. The first kappa shape index (κ1) is 19.9. The van der Waals surface area contributed by atoms with E-state index in [-0.39, 0.29) is 0 Å². The molecule has 7 heteroatoms. The van der Waals surface area contributed by atoms with Crippen LogP contribution in [0.3, 0.4) is 0 Å². The Morgan fingerprint density at radius 2 is 1.70 bits per heavy atom. The van der Waals surface area contributed by atoms with Crippen LogP contribution in [0.4, 0.5) is 5.82 Å². The van der Waals surface area contributed by atoms with Crippen molar-refractivity contribution < 1.29 is 4.74 Å². The maximum absolute atomic E-state index is 5.59. The Hall–Kier alpha value is -3.35. The van der Waals surface area contributed by atoms with Crippen molar-refractivity contribution in [3.05, 3.63) is 59.3 Å². The second-order valence-electron chi connectivity index (χ2n) is 7.37. The quantitative estimate of drug-likeness (QED) is 0.488. The molecule has 0 aliphatic rings. The summed E-state index contributed by atoms with van der Waals surface area (Å²) in [5, 5.41) is 19.0. The topological polar surface area (TPSA) is 69.8 Å². The molecular formula is C23H28N6O. The van der Waals surface area contributed by atoms with Crippen LogP contribution in [0, 0.1) is 20.8 Å². The fourth-order valence-electron chi connectivity index (χ4n) is 4.02. The number of benzene rings is 1. The lowest BCUT2D eigenvalue weighted by Crippen LogP contribution is -2.04. The number of rotatable bonds is 7. The minimum absolute atomic E-state index is 0.652. The van der Waals surface area contributed by atoms with Crippen LogP contribution < -0.4 is 10.1 Å². The summed E-state index contributed by atoms with van der Waals surface area (Å²) >= 11 is 0. The summed E-state index contributed by atoms with van der Waals surface area (Å²) in [5.41, 5.74) is 5.43. The first-order valence-corrected chi connectivity index (χ1v) is 10.4. The molecule has 0 spiro atoms. The highest BCUT2D eigenvalue weighted by Gasteiger charge is 2.19. The Morgan fingerprint density at radius 1 is 0.967 bits per heavy atom. The van der Waals surface area contributed by atoms with Crippen LogP contribution in [0.2, 0.25) is 0 Å². The standard InChI is InChI=1S/C23H28N6O/c1-6-28-14-18(13-25-28)12-24-23-22-17(5)29(16(4)21(22)15(3)26-27-23)19-8-10-20(11-9-19)30-7-2/h8-11,13-14H,6-7,12H2,1-5H3,(H,24,27). The van der Waals surface area contributed by atoms with E-state index < -0.39 is 0 Å². The fourth-order valence-corrected chi connectivity index (χ4v) is 4.02. The molecule has 0 unspecified atom stereocenters. The minimum Gasteiger partial charge on any atom is -0.494 e. The van der Waals surface area contributed by atoms with E-state index in [0.717, 1.165) is 57.2 Å². The number of nitrogens with one attached hydrogen (secondary N) is 1. The van der Waals surface area contributed by atoms with Gasteiger partial charge in [-0.25, -0.2) is 0 Å². The molecule has 0 radical (unpaired) electrons. The number of hydrogen-bond acceptors (Lipinski definition) is 5. The average Bonchev–Trinajstić information content (AvgIpc) is 3.32. The van der Waals surface area contributed by atoms with Gasteiger partial charge in [0.1, 0.15) is 5.75 Å². The van der Waals surface area contributed by atoms with E-state index in [1.54, 1.807) is 0 Å². The molecule has 3 heterocycles. The van der Waals surface area contributed by atoms with Crippen LogP contribution >= 0.6 is 0 Å². The van der Waals surface area contributed by atoms with Crippen molar-refractivity contribution in [2.75, 3.05) is 11.9 Å². The lowest BCUT2D eigenvalue weighted by molar-refractivity contribution is 0.340. The van der Waals surface area contributed by atoms with E-state index in [2.05, 4.69) is 64.3 Å². The highest BCUT2D eigenvalue weighted by Crippen LogP contribution is 2.34. The molecule has 4 rings (SSSR count). The third-order valence-electron chi connectivity index (χ3n) is 5.42. The normalized spacial score (nSPS) is 11.2. The molecule has 4 aromatic rings. The van der Waals surface area contributed by atoms with E-state index >= 15 is 0 Å². The summed E-state index contributed by atoms with van der Waals surface area (Å²) in [6.07, 6.45) is 3.94. The highest BCUT2D eigenvalue weighted by atomic mass is 16.5. The minimum atomic E-state index is 0.652. The van der Waals surface area contributed by atoms with Gasteiger partial charge < -0.3 is 14.6 Å². The number of anilines is 1. The second-order valence-corrected chi connectivity index (χ2v) is 7.37. The van der Waals surface area contributed by atoms with Gasteiger partial charge in [-0.05, 0) is 58.9 Å². The summed E-state index contributed by atoms with van der Waals surface area (Å²) in [6.45, 7) is 12.5. The molecule has 0 atom stereocenters. The molecule has 156 valence electrons. The largest absolute Gasteiger partial charge is 0.494 e. The van der Waals surface area contributed by atoms with Gasteiger partial charge in [-0.1, -0.05) is 0 Å². The van der Waals surface area contributed by atoms with Crippen molar-refractivity contribution in [1.82, 2.24) is 24.5 Å². The first-order chi connectivity index (χ1) is 14.5. The molecule has 30 heavy (non-hydrogen) atoms. The van der Waals surface area contributed by atoms with Crippen LogP contribution in [-0.2, 0) is 13.1 Å². The van der Waals surface area contributed by atoms with Crippen molar-refractivity contribution in [3.63, 3.8) is 0 Å². The second kappa shape index (κ2) is 8.18. The molecule has 0 saturated carbocycles. The monoisotopic (exact) mass is 404 g/mol. The van der Waals surface area contributed by atoms with Crippen LogP contribution in [0.5, 0.6) is 5.75 Å². The number of nitrogens with zero attached hydrogens (tertiary/aromatic N) is 5. The van der Waals surface area contributed by atoms with Crippen LogP contribution in [-0.4, -0.2) is 31.2 Å². The van der Waals surface area contributed by atoms with Crippen molar-refractivity contribution in [2.45, 2.75) is 47.7 Å². The number of hydrogen-bond donors (Lipinski definition) is 1. The van der Waals surface area contributed by atoms with Gasteiger partial charge in [0, 0.05) is 52.7 Å². The Bertz CT molecular complexity index is 1170. The molecular weight excluding hydrogens is 376 g/mol. The van der Waals surface area contributed by atoms with Crippen molar-refractivity contribution in [2.24, 2.45) is 0 Å². The molecule has 0 fully saturated rings. The first-order valence-electron chi connectivity index (χ1n) is 10.4. The van der Waals surface area contributed by atoms with Crippen molar-refractivity contribution >= 4 is 16.6 Å². The van der Waals surface area contributed by atoms with E-state index in [9.17, 15) is 0 Å². The summed E-state index contributed by atoms with van der Waals surface area (Å²) in [6, 6.07) is 8.20. The number of aromatic nitrogens is 5. The van der Waals surface area contributed by atoms with E-state index in [4.69, 9.17) is 4.74 Å². The zero-order valence-corrected chi connectivity index (χ0v) is 18.2. The van der Waals surface area contributed by atoms with E-state index in [0.29, 0.717) is 13.2 Å². The summed E-state index contributed by atoms with van der Waals surface area (Å²) in [7, 11) is 0.